The molecule has 0 saturated carbocycles. The van der Waals surface area contributed by atoms with E-state index in [4.69, 9.17) is 9.47 Å². The Balaban J connectivity index is 1.18. The van der Waals surface area contributed by atoms with Crippen LogP contribution in [0, 0.1) is 12.8 Å². The molecule has 0 bridgehead atoms. The minimum absolute atomic E-state index is 0.00776. The summed E-state index contributed by atoms with van der Waals surface area (Å²) in [6.07, 6.45) is -0.885. The number of hydrogen-bond acceptors (Lipinski definition) is 9. The molecule has 4 atom stereocenters. The number of aliphatic hydroxyl groups excluding tert-OH is 1. The van der Waals surface area contributed by atoms with Crippen molar-refractivity contribution in [3.05, 3.63) is 130 Å². The van der Waals surface area contributed by atoms with Gasteiger partial charge in [0.1, 0.15) is 5.01 Å². The van der Waals surface area contributed by atoms with Gasteiger partial charge in [0.25, 0.3) is 0 Å². The van der Waals surface area contributed by atoms with Gasteiger partial charge < -0.3 is 14.6 Å². The molecule has 11 heteroatoms. The number of benzene rings is 4. The molecular weight excluding hydrogens is 639 g/mol. The van der Waals surface area contributed by atoms with Crippen LogP contribution in [0.5, 0.6) is 0 Å². The SMILES string of the molecule is Cc1nnc(SC[C@@H]2O[C@H](c3ccc(-c4cccc(CNS(=O)(=O)c5ccccc5)c4)cc3)O[C@H](c3ccc(CO)cc3)[C@@H]2C)s1. The van der Waals surface area contributed by atoms with Gasteiger partial charge in [0.05, 0.1) is 23.7 Å². The van der Waals surface area contributed by atoms with Crippen molar-refractivity contribution in [2.45, 2.75) is 54.7 Å². The van der Waals surface area contributed by atoms with Gasteiger partial charge in [-0.15, -0.1) is 10.2 Å². The lowest BCUT2D eigenvalue weighted by Crippen LogP contribution is -2.38. The van der Waals surface area contributed by atoms with E-state index in [1.165, 1.54) is 0 Å². The van der Waals surface area contributed by atoms with Crippen LogP contribution in [0.1, 0.15) is 46.6 Å². The van der Waals surface area contributed by atoms with Crippen molar-refractivity contribution in [2.75, 3.05) is 5.75 Å². The van der Waals surface area contributed by atoms with Crippen molar-refractivity contribution < 1.29 is 23.0 Å². The summed E-state index contributed by atoms with van der Waals surface area (Å²) in [6, 6.07) is 32.2. The van der Waals surface area contributed by atoms with Crippen LogP contribution in [0.25, 0.3) is 11.1 Å². The summed E-state index contributed by atoms with van der Waals surface area (Å²) >= 11 is 3.22. The molecule has 1 aliphatic rings. The Kier molecular flexibility index (Phi) is 10.3. The maximum absolute atomic E-state index is 12.7. The van der Waals surface area contributed by atoms with Crippen LogP contribution < -0.4 is 4.72 Å². The molecule has 46 heavy (non-hydrogen) atoms. The van der Waals surface area contributed by atoms with Crippen LogP contribution in [0.15, 0.2) is 112 Å². The highest BCUT2D eigenvalue weighted by atomic mass is 32.2. The molecule has 0 unspecified atom stereocenters. The highest BCUT2D eigenvalue weighted by molar-refractivity contribution is 8.01. The lowest BCUT2D eigenvalue weighted by Gasteiger charge is -2.41. The Morgan fingerprint density at radius 2 is 1.59 bits per heavy atom. The van der Waals surface area contributed by atoms with E-state index in [-0.39, 0.29) is 36.2 Å². The third kappa shape index (κ3) is 7.75. The molecule has 1 aromatic heterocycles. The number of aliphatic hydroxyl groups is 1. The second-order valence-corrected chi connectivity index (χ2v) is 15.4. The van der Waals surface area contributed by atoms with Crippen molar-refractivity contribution in [1.29, 1.82) is 0 Å². The van der Waals surface area contributed by atoms with Gasteiger partial charge in [0.15, 0.2) is 10.6 Å². The van der Waals surface area contributed by atoms with E-state index in [1.54, 1.807) is 53.4 Å². The second-order valence-electron chi connectivity index (χ2n) is 11.2. The smallest absolute Gasteiger partial charge is 0.240 e. The predicted octanol–water partition coefficient (Wildman–Crippen LogP) is 7.07. The summed E-state index contributed by atoms with van der Waals surface area (Å²) in [4.78, 5) is 0.240. The zero-order valence-electron chi connectivity index (χ0n) is 25.4. The Morgan fingerprint density at radius 1 is 0.848 bits per heavy atom. The van der Waals surface area contributed by atoms with Gasteiger partial charge in [-0.2, -0.15) is 0 Å². The van der Waals surface area contributed by atoms with Gasteiger partial charge in [0.2, 0.25) is 10.0 Å². The zero-order chi connectivity index (χ0) is 32.1. The minimum atomic E-state index is -3.61. The average Bonchev–Trinajstić information content (AvgIpc) is 3.52. The van der Waals surface area contributed by atoms with Crippen molar-refractivity contribution >= 4 is 33.1 Å². The van der Waals surface area contributed by atoms with Crippen LogP contribution in [0.4, 0.5) is 0 Å². The van der Waals surface area contributed by atoms with Crippen molar-refractivity contribution in [3.63, 3.8) is 0 Å². The van der Waals surface area contributed by atoms with Gasteiger partial charge in [-0.3, -0.25) is 0 Å². The summed E-state index contributed by atoms with van der Waals surface area (Å²) < 4.78 is 42.2. The normalized spacial score (nSPS) is 20.1. The molecule has 1 fully saturated rings. The van der Waals surface area contributed by atoms with E-state index < -0.39 is 16.3 Å². The molecule has 0 amide bonds. The summed E-state index contributed by atoms with van der Waals surface area (Å²) in [7, 11) is -3.61. The van der Waals surface area contributed by atoms with Crippen LogP contribution in [-0.2, 0) is 32.6 Å². The fourth-order valence-corrected chi connectivity index (χ4v) is 8.40. The van der Waals surface area contributed by atoms with Gasteiger partial charge in [-0.05, 0) is 52.9 Å². The van der Waals surface area contributed by atoms with Crippen molar-refractivity contribution in [1.82, 2.24) is 14.9 Å². The zero-order valence-corrected chi connectivity index (χ0v) is 27.9. The lowest BCUT2D eigenvalue weighted by atomic mass is 9.91. The van der Waals surface area contributed by atoms with Crippen LogP contribution in [0.3, 0.4) is 0 Å². The monoisotopic (exact) mass is 673 g/mol. The van der Waals surface area contributed by atoms with Gasteiger partial charge in [0, 0.05) is 23.8 Å². The highest BCUT2D eigenvalue weighted by Crippen LogP contribution is 2.43. The molecule has 0 radical (unpaired) electrons. The molecule has 2 N–H and O–H groups in total. The number of hydrogen-bond donors (Lipinski definition) is 2. The predicted molar refractivity (Wildman–Crippen MR) is 181 cm³/mol. The van der Waals surface area contributed by atoms with E-state index >= 15 is 0 Å². The summed E-state index contributed by atoms with van der Waals surface area (Å²) in [6.45, 7) is 4.27. The first kappa shape index (κ1) is 32.5. The first-order valence-electron chi connectivity index (χ1n) is 15.0. The van der Waals surface area contributed by atoms with Gasteiger partial charge in [-0.1, -0.05) is 115 Å². The fraction of sp³-hybridized carbons (Fsp3) is 0.257. The number of aryl methyl sites for hydroxylation is 1. The van der Waals surface area contributed by atoms with E-state index in [2.05, 4.69) is 21.8 Å². The standard InChI is InChI=1S/C35H35N3O5S3/c1-23-32(22-44-35-38-37-24(2)45-35)42-34(43-33(23)28-13-11-25(21-39)12-14-28)29-17-15-27(16-18-29)30-8-6-7-26(19-30)20-36-46(40,41)31-9-4-3-5-10-31/h3-19,23,32-34,36,39H,20-22H2,1-2H3/t23-,32+,33+,34+/m1/s1. The minimum Gasteiger partial charge on any atom is -0.392 e. The van der Waals surface area contributed by atoms with E-state index in [0.29, 0.717) is 5.75 Å². The Bertz CT molecular complexity index is 1850. The number of ether oxygens (including phenoxy) is 2. The third-order valence-electron chi connectivity index (χ3n) is 7.96. The first-order valence-corrected chi connectivity index (χ1v) is 18.2. The molecule has 238 valence electrons. The summed E-state index contributed by atoms with van der Waals surface area (Å²) in [5.74, 6) is 0.777. The topological polar surface area (TPSA) is 111 Å². The average molecular weight is 674 g/mol. The molecule has 8 nitrogen and oxygen atoms in total. The number of rotatable bonds is 11. The third-order valence-corrected chi connectivity index (χ3v) is 11.4. The van der Waals surface area contributed by atoms with Crippen LogP contribution in [0.2, 0.25) is 0 Å². The first-order chi connectivity index (χ1) is 22.3. The molecule has 4 aromatic carbocycles. The number of nitrogens with one attached hydrogen (secondary N) is 1. The summed E-state index contributed by atoms with van der Waals surface area (Å²) in [5, 5.41) is 18.9. The Labute approximate surface area is 277 Å². The molecule has 5 aromatic rings. The maximum atomic E-state index is 12.7. The number of sulfonamides is 1. The maximum Gasteiger partial charge on any atom is 0.240 e. The van der Waals surface area contributed by atoms with E-state index in [9.17, 15) is 13.5 Å². The van der Waals surface area contributed by atoms with E-state index in [1.807, 2.05) is 79.7 Å². The highest BCUT2D eigenvalue weighted by Gasteiger charge is 2.38. The second kappa shape index (κ2) is 14.6. The largest absolute Gasteiger partial charge is 0.392 e. The fourth-order valence-electron chi connectivity index (χ4n) is 5.35. The Morgan fingerprint density at radius 3 is 2.28 bits per heavy atom. The molecule has 2 heterocycles. The molecular formula is C35H35N3O5S3. The van der Waals surface area contributed by atoms with Crippen LogP contribution in [-0.4, -0.2) is 35.6 Å². The Hall–Kier alpha value is -3.42. The quantitative estimate of drug-likeness (QED) is 0.143. The molecule has 1 aliphatic heterocycles. The molecule has 6 rings (SSSR count). The lowest BCUT2D eigenvalue weighted by molar-refractivity contribution is -0.268. The number of thioether (sulfide) groups is 1. The molecule has 1 saturated heterocycles. The molecule has 0 aliphatic carbocycles. The summed E-state index contributed by atoms with van der Waals surface area (Å²) in [5.41, 5.74) is 5.63. The number of nitrogens with zero attached hydrogens (tertiary/aromatic N) is 2. The van der Waals surface area contributed by atoms with Crippen LogP contribution >= 0.6 is 23.1 Å². The van der Waals surface area contributed by atoms with E-state index in [0.717, 1.165) is 42.7 Å². The van der Waals surface area contributed by atoms with Crippen molar-refractivity contribution in [2.24, 2.45) is 5.92 Å². The van der Waals surface area contributed by atoms with Crippen molar-refractivity contribution in [3.8, 4) is 11.1 Å². The molecule has 0 spiro atoms. The van der Waals surface area contributed by atoms with Gasteiger partial charge in [-0.25, -0.2) is 13.1 Å². The van der Waals surface area contributed by atoms with Gasteiger partial charge >= 0.3 is 0 Å². The number of aromatic nitrogens is 2.